The molecule has 1 atom stereocenters. The Kier molecular flexibility index (Phi) is 4.74. The molecule has 112 valence electrons. The zero-order valence-corrected chi connectivity index (χ0v) is 12.9. The van der Waals surface area contributed by atoms with Crippen LogP contribution in [0.25, 0.3) is 0 Å². The Balaban J connectivity index is 1.96. The van der Waals surface area contributed by atoms with Gasteiger partial charge >= 0.3 is 5.97 Å². The largest absolute Gasteiger partial charge is 0.449 e. The van der Waals surface area contributed by atoms with E-state index in [1.165, 1.54) is 18.3 Å². The first-order valence-electron chi connectivity index (χ1n) is 6.56. The first kappa shape index (κ1) is 15.2. The van der Waals surface area contributed by atoms with Gasteiger partial charge in [0, 0.05) is 17.5 Å². The van der Waals surface area contributed by atoms with Crippen LogP contribution in [0.4, 0.5) is 5.82 Å². The summed E-state index contributed by atoms with van der Waals surface area (Å²) in [6, 6.07) is 3.48. The van der Waals surface area contributed by atoms with Crippen LogP contribution < -0.4 is 5.32 Å². The predicted octanol–water partition coefficient (Wildman–Crippen LogP) is 2.71. The van der Waals surface area contributed by atoms with Gasteiger partial charge in [-0.05, 0) is 32.2 Å². The Morgan fingerprint density at radius 2 is 2.10 bits per heavy atom. The predicted molar refractivity (Wildman–Crippen MR) is 80.4 cm³/mol. The van der Waals surface area contributed by atoms with Crippen LogP contribution >= 0.6 is 11.3 Å². The third-order valence-electron chi connectivity index (χ3n) is 2.82. The summed E-state index contributed by atoms with van der Waals surface area (Å²) in [5, 5.41) is 10.3. The van der Waals surface area contributed by atoms with Gasteiger partial charge in [-0.2, -0.15) is 16.4 Å². The number of hydrogen-bond acceptors (Lipinski definition) is 5. The smallest absolute Gasteiger partial charge is 0.339 e. The van der Waals surface area contributed by atoms with Gasteiger partial charge in [0.05, 0.1) is 11.8 Å². The lowest BCUT2D eigenvalue weighted by molar-refractivity contribution is -0.123. The van der Waals surface area contributed by atoms with E-state index in [9.17, 15) is 9.59 Å². The average molecular weight is 307 g/mol. The standard InChI is InChI=1S/C14H17N3O3S/c1-9(2)17-12(4-6-15-17)16-13(18)10(3)20-14(19)11-5-7-21-8-11/h4-10H,1-3H3,(H,16,18)/t10-/m0/s1. The van der Waals surface area contributed by atoms with E-state index in [4.69, 9.17) is 4.74 Å². The number of ether oxygens (including phenoxy) is 1. The van der Waals surface area contributed by atoms with Crippen molar-refractivity contribution in [2.24, 2.45) is 0 Å². The van der Waals surface area contributed by atoms with Crippen molar-refractivity contribution in [3.05, 3.63) is 34.7 Å². The molecule has 2 aromatic rings. The number of amides is 1. The SMILES string of the molecule is CC(C)n1nccc1NC(=O)[C@H](C)OC(=O)c1ccsc1. The molecule has 21 heavy (non-hydrogen) atoms. The van der Waals surface area contributed by atoms with Crippen molar-refractivity contribution < 1.29 is 14.3 Å². The number of carbonyl (C=O) groups excluding carboxylic acids is 2. The minimum absolute atomic E-state index is 0.124. The molecule has 2 aromatic heterocycles. The third-order valence-corrected chi connectivity index (χ3v) is 3.50. The summed E-state index contributed by atoms with van der Waals surface area (Å²) in [5.41, 5.74) is 0.451. The molecule has 1 N–H and O–H groups in total. The van der Waals surface area contributed by atoms with Gasteiger partial charge in [-0.25, -0.2) is 9.48 Å². The highest BCUT2D eigenvalue weighted by atomic mass is 32.1. The van der Waals surface area contributed by atoms with Crippen LogP contribution in [-0.4, -0.2) is 27.8 Å². The quantitative estimate of drug-likeness (QED) is 0.862. The molecule has 0 unspecified atom stereocenters. The number of aromatic nitrogens is 2. The summed E-state index contributed by atoms with van der Waals surface area (Å²) in [6.07, 6.45) is 0.727. The molecule has 2 heterocycles. The van der Waals surface area contributed by atoms with E-state index in [0.717, 1.165) is 0 Å². The monoisotopic (exact) mass is 307 g/mol. The lowest BCUT2D eigenvalue weighted by Crippen LogP contribution is -2.30. The fourth-order valence-corrected chi connectivity index (χ4v) is 2.34. The molecule has 7 heteroatoms. The number of nitrogens with one attached hydrogen (secondary N) is 1. The molecule has 0 radical (unpaired) electrons. The number of nitrogens with zero attached hydrogens (tertiary/aromatic N) is 2. The van der Waals surface area contributed by atoms with Crippen LogP contribution in [0.5, 0.6) is 0 Å². The van der Waals surface area contributed by atoms with E-state index in [-0.39, 0.29) is 11.9 Å². The molecule has 0 saturated carbocycles. The maximum absolute atomic E-state index is 12.1. The molecule has 0 saturated heterocycles. The Hall–Kier alpha value is -2.15. The second-order valence-electron chi connectivity index (χ2n) is 4.80. The molecule has 0 aromatic carbocycles. The van der Waals surface area contributed by atoms with Gasteiger partial charge in [0.25, 0.3) is 5.91 Å². The van der Waals surface area contributed by atoms with Crippen molar-refractivity contribution in [2.75, 3.05) is 5.32 Å². The van der Waals surface area contributed by atoms with E-state index in [2.05, 4.69) is 10.4 Å². The molecular formula is C14H17N3O3S. The number of carbonyl (C=O) groups is 2. The number of rotatable bonds is 5. The first-order valence-corrected chi connectivity index (χ1v) is 7.51. The van der Waals surface area contributed by atoms with Gasteiger partial charge in [0.15, 0.2) is 6.10 Å². The van der Waals surface area contributed by atoms with Gasteiger partial charge < -0.3 is 10.1 Å². The minimum Gasteiger partial charge on any atom is -0.449 e. The van der Waals surface area contributed by atoms with Gasteiger partial charge in [-0.1, -0.05) is 0 Å². The Labute approximate surface area is 126 Å². The number of thiophene rings is 1. The van der Waals surface area contributed by atoms with E-state index in [1.807, 2.05) is 13.8 Å². The summed E-state index contributed by atoms with van der Waals surface area (Å²) in [5.74, 6) is -0.314. The molecule has 0 aliphatic rings. The van der Waals surface area contributed by atoms with Gasteiger partial charge in [0.2, 0.25) is 0 Å². The molecule has 0 fully saturated rings. The van der Waals surface area contributed by atoms with Crippen LogP contribution in [0.2, 0.25) is 0 Å². The maximum atomic E-state index is 12.1. The van der Waals surface area contributed by atoms with Crippen LogP contribution in [-0.2, 0) is 9.53 Å². The van der Waals surface area contributed by atoms with E-state index < -0.39 is 12.1 Å². The highest BCUT2D eigenvalue weighted by Crippen LogP contribution is 2.14. The zero-order valence-electron chi connectivity index (χ0n) is 12.1. The Morgan fingerprint density at radius 1 is 1.33 bits per heavy atom. The summed E-state index contributed by atoms with van der Waals surface area (Å²) < 4.78 is 6.82. The van der Waals surface area contributed by atoms with E-state index in [1.54, 1.807) is 33.8 Å². The summed E-state index contributed by atoms with van der Waals surface area (Å²) in [7, 11) is 0. The van der Waals surface area contributed by atoms with Crippen LogP contribution in [0.15, 0.2) is 29.1 Å². The van der Waals surface area contributed by atoms with Gasteiger partial charge in [-0.15, -0.1) is 0 Å². The summed E-state index contributed by atoms with van der Waals surface area (Å²) in [4.78, 5) is 23.8. The van der Waals surface area contributed by atoms with Crippen molar-refractivity contribution in [1.82, 2.24) is 9.78 Å². The Morgan fingerprint density at radius 3 is 2.71 bits per heavy atom. The second-order valence-corrected chi connectivity index (χ2v) is 5.58. The average Bonchev–Trinajstić information content (AvgIpc) is 3.09. The van der Waals surface area contributed by atoms with Gasteiger partial charge in [-0.3, -0.25) is 4.79 Å². The van der Waals surface area contributed by atoms with E-state index in [0.29, 0.717) is 11.4 Å². The normalized spacial score (nSPS) is 12.2. The lowest BCUT2D eigenvalue weighted by atomic mass is 10.3. The maximum Gasteiger partial charge on any atom is 0.339 e. The Bertz CT molecular complexity index is 619. The molecule has 0 spiro atoms. The van der Waals surface area contributed by atoms with Crippen molar-refractivity contribution in [3.63, 3.8) is 0 Å². The van der Waals surface area contributed by atoms with Crippen molar-refractivity contribution >= 4 is 29.0 Å². The zero-order chi connectivity index (χ0) is 15.4. The summed E-state index contributed by atoms with van der Waals surface area (Å²) >= 11 is 1.40. The number of hydrogen-bond donors (Lipinski definition) is 1. The topological polar surface area (TPSA) is 73.2 Å². The first-order chi connectivity index (χ1) is 9.99. The van der Waals surface area contributed by atoms with Crippen molar-refractivity contribution in [3.8, 4) is 0 Å². The van der Waals surface area contributed by atoms with Crippen molar-refractivity contribution in [2.45, 2.75) is 32.9 Å². The van der Waals surface area contributed by atoms with Crippen LogP contribution in [0.1, 0.15) is 37.2 Å². The molecule has 0 aliphatic carbocycles. The minimum atomic E-state index is -0.882. The molecule has 6 nitrogen and oxygen atoms in total. The third kappa shape index (κ3) is 3.69. The highest BCUT2D eigenvalue weighted by Gasteiger charge is 2.20. The fourth-order valence-electron chi connectivity index (χ4n) is 1.72. The van der Waals surface area contributed by atoms with Crippen molar-refractivity contribution in [1.29, 1.82) is 0 Å². The molecule has 1 amide bonds. The van der Waals surface area contributed by atoms with Crippen LogP contribution in [0, 0.1) is 0 Å². The molecule has 0 aliphatic heterocycles. The second kappa shape index (κ2) is 6.53. The number of esters is 1. The fraction of sp³-hybridized carbons (Fsp3) is 0.357. The lowest BCUT2D eigenvalue weighted by Gasteiger charge is -2.15. The van der Waals surface area contributed by atoms with E-state index >= 15 is 0 Å². The number of anilines is 1. The molecule has 0 bridgehead atoms. The molecule has 2 rings (SSSR count). The summed E-state index contributed by atoms with van der Waals surface area (Å²) in [6.45, 7) is 5.46. The van der Waals surface area contributed by atoms with Crippen LogP contribution in [0.3, 0.4) is 0 Å². The molecular weight excluding hydrogens is 290 g/mol. The highest BCUT2D eigenvalue weighted by molar-refractivity contribution is 7.08. The van der Waals surface area contributed by atoms with Gasteiger partial charge in [0.1, 0.15) is 5.82 Å².